The normalized spacial score (nSPS) is 19.2. The number of benzene rings is 2. The van der Waals surface area contributed by atoms with Gasteiger partial charge in [-0.2, -0.15) is 0 Å². The van der Waals surface area contributed by atoms with Gasteiger partial charge in [0.25, 0.3) is 0 Å². The molecule has 0 saturated carbocycles. The molecular weight excluding hydrogens is 298 g/mol. The predicted molar refractivity (Wildman–Crippen MR) is 99.8 cm³/mol. The SMILES string of the molecule is CCC1(C)C(/C=C/c2ccc(OC)cc2OC)=Nc2ccccc21. The molecule has 3 nitrogen and oxygen atoms in total. The minimum absolute atomic E-state index is 0.0488. The summed E-state index contributed by atoms with van der Waals surface area (Å²) in [4.78, 5) is 4.84. The third kappa shape index (κ3) is 2.71. The Balaban J connectivity index is 1.96. The van der Waals surface area contributed by atoms with Gasteiger partial charge in [-0.15, -0.1) is 0 Å². The van der Waals surface area contributed by atoms with E-state index in [0.29, 0.717) is 0 Å². The number of hydrogen-bond acceptors (Lipinski definition) is 3. The Morgan fingerprint density at radius 3 is 2.54 bits per heavy atom. The molecule has 1 aliphatic heterocycles. The van der Waals surface area contributed by atoms with Gasteiger partial charge in [-0.1, -0.05) is 25.1 Å². The molecule has 124 valence electrons. The molecule has 2 aromatic carbocycles. The molecule has 0 amide bonds. The molecule has 0 aliphatic carbocycles. The maximum atomic E-state index is 5.47. The van der Waals surface area contributed by atoms with Crippen LogP contribution in [0.2, 0.25) is 0 Å². The third-order valence-electron chi connectivity index (χ3n) is 4.87. The lowest BCUT2D eigenvalue weighted by molar-refractivity contribution is 0.394. The molecule has 0 radical (unpaired) electrons. The van der Waals surface area contributed by atoms with Gasteiger partial charge in [0, 0.05) is 17.0 Å². The van der Waals surface area contributed by atoms with E-state index in [9.17, 15) is 0 Å². The van der Waals surface area contributed by atoms with E-state index in [2.05, 4.69) is 44.2 Å². The maximum Gasteiger partial charge on any atom is 0.129 e. The average Bonchev–Trinajstić information content (AvgIpc) is 2.92. The number of methoxy groups -OCH3 is 2. The summed E-state index contributed by atoms with van der Waals surface area (Å²) in [5.41, 5.74) is 4.42. The Labute approximate surface area is 143 Å². The molecule has 1 heterocycles. The molecule has 1 unspecified atom stereocenters. The number of rotatable bonds is 5. The van der Waals surface area contributed by atoms with Crippen molar-refractivity contribution in [3.63, 3.8) is 0 Å². The summed E-state index contributed by atoms with van der Waals surface area (Å²) >= 11 is 0. The van der Waals surface area contributed by atoms with Crippen molar-refractivity contribution < 1.29 is 9.47 Å². The molecule has 1 atom stereocenters. The first-order valence-corrected chi connectivity index (χ1v) is 8.21. The van der Waals surface area contributed by atoms with E-state index >= 15 is 0 Å². The van der Waals surface area contributed by atoms with E-state index in [1.54, 1.807) is 14.2 Å². The highest BCUT2D eigenvalue weighted by atomic mass is 16.5. The predicted octanol–water partition coefficient (Wildman–Crippen LogP) is 5.17. The van der Waals surface area contributed by atoms with Crippen LogP contribution in [0.15, 0.2) is 53.5 Å². The largest absolute Gasteiger partial charge is 0.497 e. The summed E-state index contributed by atoms with van der Waals surface area (Å²) in [5, 5.41) is 0. The number of nitrogens with zero attached hydrogens (tertiary/aromatic N) is 1. The van der Waals surface area contributed by atoms with Crippen molar-refractivity contribution in [2.45, 2.75) is 25.7 Å². The number of para-hydroxylation sites is 1. The van der Waals surface area contributed by atoms with Crippen molar-refractivity contribution >= 4 is 17.5 Å². The zero-order valence-corrected chi connectivity index (χ0v) is 14.7. The quantitative estimate of drug-likeness (QED) is 0.760. The van der Waals surface area contributed by atoms with Crippen LogP contribution in [0.4, 0.5) is 5.69 Å². The summed E-state index contributed by atoms with van der Waals surface area (Å²) in [6, 6.07) is 14.2. The van der Waals surface area contributed by atoms with Crippen LogP contribution in [-0.4, -0.2) is 19.9 Å². The van der Waals surface area contributed by atoms with E-state index in [1.165, 1.54) is 5.56 Å². The first-order chi connectivity index (χ1) is 11.6. The van der Waals surface area contributed by atoms with E-state index in [1.807, 2.05) is 24.3 Å². The Hall–Kier alpha value is -2.55. The summed E-state index contributed by atoms with van der Waals surface area (Å²) < 4.78 is 10.7. The Kier molecular flexibility index (Phi) is 4.43. The molecular formula is C21H23NO2. The van der Waals surface area contributed by atoms with Gasteiger partial charge in [0.05, 0.1) is 25.6 Å². The highest BCUT2D eigenvalue weighted by Crippen LogP contribution is 2.42. The maximum absolute atomic E-state index is 5.47. The lowest BCUT2D eigenvalue weighted by atomic mass is 9.77. The van der Waals surface area contributed by atoms with E-state index in [4.69, 9.17) is 14.5 Å². The third-order valence-corrected chi connectivity index (χ3v) is 4.87. The fourth-order valence-electron chi connectivity index (χ4n) is 3.15. The standard InChI is InChI=1S/C21H23NO2/c1-5-21(2)17-8-6-7-9-18(17)22-20(21)13-11-15-10-12-16(23-3)14-19(15)24-4/h6-14H,5H2,1-4H3/b13-11+. The molecule has 0 bridgehead atoms. The van der Waals surface area contributed by atoms with Gasteiger partial charge in [0.2, 0.25) is 0 Å². The van der Waals surface area contributed by atoms with Crippen LogP contribution in [0.25, 0.3) is 6.08 Å². The molecule has 0 spiro atoms. The molecule has 2 aromatic rings. The molecule has 0 fully saturated rings. The first-order valence-electron chi connectivity index (χ1n) is 8.21. The van der Waals surface area contributed by atoms with Gasteiger partial charge in [-0.05, 0) is 49.3 Å². The van der Waals surface area contributed by atoms with Gasteiger partial charge in [0.1, 0.15) is 11.5 Å². The lowest BCUT2D eigenvalue weighted by Crippen LogP contribution is -2.27. The molecule has 3 rings (SSSR count). The molecule has 24 heavy (non-hydrogen) atoms. The Bertz CT molecular complexity index is 807. The summed E-state index contributed by atoms with van der Waals surface area (Å²) in [6.07, 6.45) is 5.18. The van der Waals surface area contributed by atoms with E-state index in [-0.39, 0.29) is 5.41 Å². The Morgan fingerprint density at radius 2 is 1.83 bits per heavy atom. The highest BCUT2D eigenvalue weighted by Gasteiger charge is 2.35. The van der Waals surface area contributed by atoms with Crippen molar-refractivity contribution in [2.24, 2.45) is 4.99 Å². The molecule has 0 N–H and O–H groups in total. The van der Waals surface area contributed by atoms with Crippen molar-refractivity contribution in [3.05, 3.63) is 59.7 Å². The zero-order chi connectivity index (χ0) is 17.2. The fraction of sp³-hybridized carbons (Fsp3) is 0.286. The van der Waals surface area contributed by atoms with Crippen molar-refractivity contribution in [1.29, 1.82) is 0 Å². The van der Waals surface area contributed by atoms with Gasteiger partial charge in [0.15, 0.2) is 0 Å². The summed E-state index contributed by atoms with van der Waals surface area (Å²) in [6.45, 7) is 4.46. The number of ether oxygens (including phenoxy) is 2. The minimum Gasteiger partial charge on any atom is -0.497 e. The van der Waals surface area contributed by atoms with E-state index in [0.717, 1.165) is 34.9 Å². The molecule has 0 aromatic heterocycles. The van der Waals surface area contributed by atoms with Gasteiger partial charge >= 0.3 is 0 Å². The van der Waals surface area contributed by atoms with Crippen LogP contribution in [-0.2, 0) is 5.41 Å². The van der Waals surface area contributed by atoms with E-state index < -0.39 is 0 Å². The highest BCUT2D eigenvalue weighted by molar-refractivity contribution is 6.10. The molecule has 3 heteroatoms. The summed E-state index contributed by atoms with van der Waals surface area (Å²) in [5.74, 6) is 1.58. The van der Waals surface area contributed by atoms with Crippen LogP contribution in [0.5, 0.6) is 11.5 Å². The van der Waals surface area contributed by atoms with Crippen LogP contribution < -0.4 is 9.47 Å². The second-order valence-electron chi connectivity index (χ2n) is 6.14. The molecule has 1 aliphatic rings. The summed E-state index contributed by atoms with van der Waals surface area (Å²) in [7, 11) is 3.33. The molecule has 0 saturated heterocycles. The monoisotopic (exact) mass is 321 g/mol. The number of aliphatic imine (C=N–C) groups is 1. The number of fused-ring (bicyclic) bond motifs is 1. The van der Waals surface area contributed by atoms with Gasteiger partial charge in [-0.3, -0.25) is 4.99 Å². The lowest BCUT2D eigenvalue weighted by Gasteiger charge is -2.24. The number of hydrogen-bond donors (Lipinski definition) is 0. The fourth-order valence-corrected chi connectivity index (χ4v) is 3.15. The van der Waals surface area contributed by atoms with Crippen LogP contribution >= 0.6 is 0 Å². The van der Waals surface area contributed by atoms with Gasteiger partial charge < -0.3 is 9.47 Å². The van der Waals surface area contributed by atoms with Crippen LogP contribution in [0, 0.1) is 0 Å². The van der Waals surface area contributed by atoms with Crippen molar-refractivity contribution in [1.82, 2.24) is 0 Å². The second kappa shape index (κ2) is 6.52. The second-order valence-corrected chi connectivity index (χ2v) is 6.14. The van der Waals surface area contributed by atoms with Gasteiger partial charge in [-0.25, -0.2) is 0 Å². The first kappa shape index (κ1) is 16.3. The van der Waals surface area contributed by atoms with Crippen molar-refractivity contribution in [2.75, 3.05) is 14.2 Å². The van der Waals surface area contributed by atoms with Crippen LogP contribution in [0.1, 0.15) is 31.4 Å². The Morgan fingerprint density at radius 1 is 1.04 bits per heavy atom. The van der Waals surface area contributed by atoms with Crippen LogP contribution in [0.3, 0.4) is 0 Å². The average molecular weight is 321 g/mol. The van der Waals surface area contributed by atoms with Crippen molar-refractivity contribution in [3.8, 4) is 11.5 Å². The minimum atomic E-state index is -0.0488. The topological polar surface area (TPSA) is 30.8 Å². The number of allylic oxidation sites excluding steroid dienone is 1. The zero-order valence-electron chi connectivity index (χ0n) is 14.7. The smallest absolute Gasteiger partial charge is 0.129 e.